The number of hydrogen-bond donors (Lipinski definition) is 0. The number of aromatic nitrogens is 4. The topological polar surface area (TPSA) is 56.1 Å². The highest BCUT2D eigenvalue weighted by Crippen LogP contribution is 2.30. The lowest BCUT2D eigenvalue weighted by molar-refractivity contribution is 0.200. The van der Waals surface area contributed by atoms with Crippen molar-refractivity contribution >= 4 is 0 Å². The van der Waals surface area contributed by atoms with Crippen molar-refractivity contribution in [3.63, 3.8) is 0 Å². The van der Waals surface area contributed by atoms with Crippen molar-refractivity contribution in [2.75, 3.05) is 13.1 Å². The van der Waals surface area contributed by atoms with Gasteiger partial charge >= 0.3 is 6.01 Å². The fourth-order valence-corrected chi connectivity index (χ4v) is 4.29. The quantitative estimate of drug-likeness (QED) is 0.433. The van der Waals surface area contributed by atoms with E-state index in [1.54, 1.807) is 12.4 Å². The fourth-order valence-electron chi connectivity index (χ4n) is 4.29. The number of piperidine rings is 1. The van der Waals surface area contributed by atoms with Gasteiger partial charge in [0, 0.05) is 43.7 Å². The highest BCUT2D eigenvalue weighted by atomic mass is 16.5. The number of imidazole rings is 1. The van der Waals surface area contributed by atoms with Crippen molar-refractivity contribution in [2.24, 2.45) is 7.05 Å². The molecule has 4 aromatic rings. The van der Waals surface area contributed by atoms with Gasteiger partial charge in [-0.2, -0.15) is 0 Å². The Balaban J connectivity index is 1.22. The lowest BCUT2D eigenvalue weighted by Gasteiger charge is -2.31. The molecule has 0 spiro atoms. The van der Waals surface area contributed by atoms with Gasteiger partial charge in [-0.3, -0.25) is 4.90 Å². The van der Waals surface area contributed by atoms with Gasteiger partial charge in [0.2, 0.25) is 0 Å². The van der Waals surface area contributed by atoms with Gasteiger partial charge in [0.05, 0.1) is 5.69 Å². The first-order chi connectivity index (χ1) is 15.7. The number of rotatable bonds is 6. The zero-order valence-electron chi connectivity index (χ0n) is 18.3. The predicted octanol–water partition coefficient (Wildman–Crippen LogP) is 5.05. The van der Waals surface area contributed by atoms with E-state index < -0.39 is 0 Å². The summed E-state index contributed by atoms with van der Waals surface area (Å²) < 4.78 is 7.85. The van der Waals surface area contributed by atoms with E-state index >= 15 is 0 Å². The van der Waals surface area contributed by atoms with Crippen molar-refractivity contribution in [3.05, 3.63) is 90.6 Å². The summed E-state index contributed by atoms with van der Waals surface area (Å²) in [5, 5.41) is 0. The smallest absolute Gasteiger partial charge is 0.321 e. The molecule has 0 amide bonds. The minimum Gasteiger partial charge on any atom is -0.424 e. The number of benzene rings is 2. The molecule has 2 aromatic carbocycles. The Kier molecular flexibility index (Phi) is 5.94. The molecule has 6 heteroatoms. The first kappa shape index (κ1) is 20.4. The summed E-state index contributed by atoms with van der Waals surface area (Å²) in [6, 6.07) is 20.6. The number of ether oxygens (including phenoxy) is 1. The number of likely N-dealkylation sites (tertiary alicyclic amines) is 1. The van der Waals surface area contributed by atoms with Crippen LogP contribution >= 0.6 is 0 Å². The second kappa shape index (κ2) is 9.32. The van der Waals surface area contributed by atoms with Crippen LogP contribution in [0.5, 0.6) is 11.8 Å². The normalized spacial score (nSPS) is 15.0. The number of nitrogens with zero attached hydrogens (tertiary/aromatic N) is 5. The molecule has 6 nitrogen and oxygen atoms in total. The molecule has 162 valence electrons. The molecule has 1 aliphatic heterocycles. The molecule has 0 saturated carbocycles. The van der Waals surface area contributed by atoms with Crippen LogP contribution in [0.1, 0.15) is 30.1 Å². The van der Waals surface area contributed by atoms with Crippen molar-refractivity contribution in [1.29, 1.82) is 0 Å². The van der Waals surface area contributed by atoms with E-state index in [1.165, 1.54) is 5.56 Å². The van der Waals surface area contributed by atoms with Gasteiger partial charge < -0.3 is 9.30 Å². The summed E-state index contributed by atoms with van der Waals surface area (Å²) >= 11 is 0. The zero-order valence-corrected chi connectivity index (χ0v) is 18.3. The summed E-state index contributed by atoms with van der Waals surface area (Å²) in [6.07, 6.45) is 7.87. The molecule has 0 bridgehead atoms. The second-order valence-corrected chi connectivity index (χ2v) is 8.30. The fraction of sp³-hybridized carbons (Fsp3) is 0.269. The minimum absolute atomic E-state index is 0.335. The molecule has 0 aliphatic carbocycles. The standard InChI is InChI=1S/C26H27N5O/c1-30-19-24(22-16-27-26(28-17-22)32-23-10-6-3-7-11-23)29-25(30)21-12-14-31(15-13-21)18-20-8-4-2-5-9-20/h2-11,16-17,19,21H,12-15,18H2,1H3. The van der Waals surface area contributed by atoms with Gasteiger partial charge in [-0.1, -0.05) is 48.5 Å². The highest BCUT2D eigenvalue weighted by molar-refractivity contribution is 5.56. The van der Waals surface area contributed by atoms with Crippen LogP contribution in [0.4, 0.5) is 0 Å². The Morgan fingerprint density at radius 3 is 2.25 bits per heavy atom. The van der Waals surface area contributed by atoms with Crippen LogP contribution in [0, 0.1) is 0 Å². The largest absolute Gasteiger partial charge is 0.424 e. The molecule has 0 radical (unpaired) electrons. The molecule has 2 aromatic heterocycles. The van der Waals surface area contributed by atoms with Crippen LogP contribution < -0.4 is 4.74 Å². The first-order valence-electron chi connectivity index (χ1n) is 11.1. The maximum absolute atomic E-state index is 5.69. The third-order valence-electron chi connectivity index (χ3n) is 5.99. The van der Waals surface area contributed by atoms with Gasteiger partial charge in [0.15, 0.2) is 0 Å². The van der Waals surface area contributed by atoms with Gasteiger partial charge in [0.1, 0.15) is 11.6 Å². The maximum atomic E-state index is 5.69. The summed E-state index contributed by atoms with van der Waals surface area (Å²) in [4.78, 5) is 16.2. The highest BCUT2D eigenvalue weighted by Gasteiger charge is 2.24. The average Bonchev–Trinajstić information content (AvgIpc) is 3.23. The van der Waals surface area contributed by atoms with Crippen molar-refractivity contribution in [1.82, 2.24) is 24.4 Å². The molecule has 32 heavy (non-hydrogen) atoms. The van der Waals surface area contributed by atoms with E-state index in [0.717, 1.165) is 55.3 Å². The van der Waals surface area contributed by atoms with E-state index in [4.69, 9.17) is 9.72 Å². The third-order valence-corrected chi connectivity index (χ3v) is 5.99. The molecule has 1 fully saturated rings. The van der Waals surface area contributed by atoms with E-state index in [-0.39, 0.29) is 0 Å². The SMILES string of the molecule is Cn1cc(-c2cnc(Oc3ccccc3)nc2)nc1C1CCN(Cc2ccccc2)CC1. The van der Waals surface area contributed by atoms with Crippen molar-refractivity contribution in [2.45, 2.75) is 25.3 Å². The zero-order chi connectivity index (χ0) is 21.8. The molecule has 1 aliphatic rings. The third kappa shape index (κ3) is 4.70. The Morgan fingerprint density at radius 2 is 1.56 bits per heavy atom. The van der Waals surface area contributed by atoms with Crippen molar-refractivity contribution in [3.8, 4) is 23.0 Å². The molecule has 0 unspecified atom stereocenters. The van der Waals surface area contributed by atoms with Crippen molar-refractivity contribution < 1.29 is 4.74 Å². The molecule has 1 saturated heterocycles. The monoisotopic (exact) mass is 425 g/mol. The van der Waals surface area contributed by atoms with Crippen LogP contribution in [-0.4, -0.2) is 37.5 Å². The van der Waals surface area contributed by atoms with Gasteiger partial charge in [0.25, 0.3) is 0 Å². The van der Waals surface area contributed by atoms with Gasteiger partial charge in [-0.25, -0.2) is 15.0 Å². The molecular formula is C26H27N5O. The number of aryl methyl sites for hydroxylation is 1. The Labute approximate surface area is 188 Å². The lowest BCUT2D eigenvalue weighted by atomic mass is 9.95. The average molecular weight is 426 g/mol. The van der Waals surface area contributed by atoms with E-state index in [2.05, 4.69) is 63.0 Å². The molecular weight excluding hydrogens is 398 g/mol. The van der Waals surface area contributed by atoms with E-state index in [9.17, 15) is 0 Å². The van der Waals surface area contributed by atoms with Crippen LogP contribution in [-0.2, 0) is 13.6 Å². The molecule has 0 atom stereocenters. The summed E-state index contributed by atoms with van der Waals surface area (Å²) in [7, 11) is 2.08. The van der Waals surface area contributed by atoms with Crippen LogP contribution in [0.3, 0.4) is 0 Å². The van der Waals surface area contributed by atoms with Crippen LogP contribution in [0.2, 0.25) is 0 Å². The maximum Gasteiger partial charge on any atom is 0.321 e. The summed E-state index contributed by atoms with van der Waals surface area (Å²) in [5.74, 6) is 2.34. The van der Waals surface area contributed by atoms with E-state index in [1.807, 2.05) is 30.3 Å². The Morgan fingerprint density at radius 1 is 0.906 bits per heavy atom. The number of para-hydroxylation sites is 1. The van der Waals surface area contributed by atoms with E-state index in [0.29, 0.717) is 11.9 Å². The predicted molar refractivity (Wildman–Crippen MR) is 124 cm³/mol. The molecule has 0 N–H and O–H groups in total. The molecule has 5 rings (SSSR count). The minimum atomic E-state index is 0.335. The number of hydrogen-bond acceptors (Lipinski definition) is 5. The Hall–Kier alpha value is -3.51. The Bertz CT molecular complexity index is 1130. The summed E-state index contributed by atoms with van der Waals surface area (Å²) in [5.41, 5.74) is 3.18. The summed E-state index contributed by atoms with van der Waals surface area (Å²) in [6.45, 7) is 3.21. The van der Waals surface area contributed by atoms with Crippen LogP contribution in [0.25, 0.3) is 11.3 Å². The van der Waals surface area contributed by atoms with Gasteiger partial charge in [-0.05, 0) is 43.6 Å². The van der Waals surface area contributed by atoms with Crippen LogP contribution in [0.15, 0.2) is 79.3 Å². The first-order valence-corrected chi connectivity index (χ1v) is 11.1. The van der Waals surface area contributed by atoms with Gasteiger partial charge in [-0.15, -0.1) is 0 Å². The molecule has 3 heterocycles. The lowest BCUT2D eigenvalue weighted by Crippen LogP contribution is -2.33. The second-order valence-electron chi connectivity index (χ2n) is 8.30.